The molecule has 2 aromatic rings. The van der Waals surface area contributed by atoms with E-state index < -0.39 is 0 Å². The summed E-state index contributed by atoms with van der Waals surface area (Å²) in [5.41, 5.74) is 0.935. The van der Waals surface area contributed by atoms with E-state index in [1.165, 1.54) is 6.08 Å². The Morgan fingerprint density at radius 1 is 1.20 bits per heavy atom. The number of nitrogens with one attached hydrogen (secondary N) is 1. The number of para-hydroxylation sites is 2. The summed E-state index contributed by atoms with van der Waals surface area (Å²) in [7, 11) is 0. The normalized spacial score (nSPS) is 15.8. The molecular formula is C20H21NO4. The summed E-state index contributed by atoms with van der Waals surface area (Å²) in [6.07, 6.45) is 3.07. The largest absolute Gasteiger partial charge is 0.494 e. The number of carbonyl (C=O) groups excluding carboxylic acids is 1. The highest BCUT2D eigenvalue weighted by Crippen LogP contribution is 2.30. The van der Waals surface area contributed by atoms with Gasteiger partial charge in [-0.25, -0.2) is 0 Å². The predicted molar refractivity (Wildman–Crippen MR) is 96.0 cm³/mol. The highest BCUT2D eigenvalue weighted by atomic mass is 16.6. The monoisotopic (exact) mass is 339 g/mol. The third-order valence-electron chi connectivity index (χ3n) is 3.69. The number of benzene rings is 2. The lowest BCUT2D eigenvalue weighted by Gasteiger charge is -2.26. The average molecular weight is 339 g/mol. The van der Waals surface area contributed by atoms with E-state index in [0.29, 0.717) is 25.5 Å². The summed E-state index contributed by atoms with van der Waals surface area (Å²) in [5, 5.41) is 2.83. The lowest BCUT2D eigenvalue weighted by Crippen LogP contribution is -2.40. The molecule has 130 valence electrons. The number of ether oxygens (including phenoxy) is 3. The molecule has 0 saturated heterocycles. The molecular weight excluding hydrogens is 318 g/mol. The first-order valence-electron chi connectivity index (χ1n) is 8.32. The van der Waals surface area contributed by atoms with E-state index in [9.17, 15) is 4.79 Å². The first kappa shape index (κ1) is 16.9. The molecule has 1 unspecified atom stereocenters. The van der Waals surface area contributed by atoms with Crippen LogP contribution in [0.5, 0.6) is 17.2 Å². The highest BCUT2D eigenvalue weighted by Gasteiger charge is 2.20. The van der Waals surface area contributed by atoms with Gasteiger partial charge in [-0.05, 0) is 42.8 Å². The van der Waals surface area contributed by atoms with Crippen LogP contribution in [0.2, 0.25) is 0 Å². The molecule has 0 radical (unpaired) electrons. The van der Waals surface area contributed by atoms with Gasteiger partial charge in [-0.2, -0.15) is 0 Å². The van der Waals surface area contributed by atoms with Crippen molar-refractivity contribution in [1.82, 2.24) is 5.32 Å². The van der Waals surface area contributed by atoms with E-state index in [0.717, 1.165) is 17.1 Å². The molecule has 3 rings (SSSR count). The standard InChI is InChI=1S/C20H21NO4/c1-2-23-16-10-7-15(8-11-16)9-12-20(22)21-13-17-14-24-18-5-3-4-6-19(18)25-17/h3-12,17H,2,13-14H2,1H3,(H,21,22). The van der Waals surface area contributed by atoms with Gasteiger partial charge < -0.3 is 19.5 Å². The van der Waals surface area contributed by atoms with Crippen LogP contribution in [0.1, 0.15) is 12.5 Å². The highest BCUT2D eigenvalue weighted by molar-refractivity contribution is 5.91. The molecule has 0 fully saturated rings. The third-order valence-corrected chi connectivity index (χ3v) is 3.69. The Balaban J connectivity index is 1.46. The van der Waals surface area contributed by atoms with Gasteiger partial charge in [0.05, 0.1) is 13.2 Å². The van der Waals surface area contributed by atoms with Crippen molar-refractivity contribution >= 4 is 12.0 Å². The summed E-state index contributed by atoms with van der Waals surface area (Å²) in [6.45, 7) is 3.38. The molecule has 5 heteroatoms. The maximum Gasteiger partial charge on any atom is 0.244 e. The molecule has 1 atom stereocenters. The maximum atomic E-state index is 12.0. The summed E-state index contributed by atoms with van der Waals surface area (Å²) >= 11 is 0. The van der Waals surface area contributed by atoms with Crippen molar-refractivity contribution in [2.45, 2.75) is 13.0 Å². The smallest absolute Gasteiger partial charge is 0.244 e. The van der Waals surface area contributed by atoms with E-state index in [4.69, 9.17) is 14.2 Å². The molecule has 1 aliphatic rings. The lowest BCUT2D eigenvalue weighted by molar-refractivity contribution is -0.116. The summed E-state index contributed by atoms with van der Waals surface area (Å²) < 4.78 is 16.8. The second-order valence-corrected chi connectivity index (χ2v) is 5.58. The molecule has 0 aromatic heterocycles. The molecule has 1 amide bonds. The molecule has 5 nitrogen and oxygen atoms in total. The fourth-order valence-corrected chi connectivity index (χ4v) is 2.45. The van der Waals surface area contributed by atoms with Crippen LogP contribution in [0.3, 0.4) is 0 Å². The first-order chi connectivity index (χ1) is 12.2. The minimum absolute atomic E-state index is 0.170. The fraction of sp³-hybridized carbons (Fsp3) is 0.250. The Labute approximate surface area is 147 Å². The van der Waals surface area contributed by atoms with Gasteiger partial charge in [0.1, 0.15) is 18.5 Å². The topological polar surface area (TPSA) is 56.8 Å². The molecule has 0 saturated carbocycles. The van der Waals surface area contributed by atoms with Gasteiger partial charge >= 0.3 is 0 Å². The molecule has 1 N–H and O–H groups in total. The molecule has 0 aliphatic carbocycles. The summed E-state index contributed by atoms with van der Waals surface area (Å²) in [6, 6.07) is 15.1. The number of hydrogen-bond acceptors (Lipinski definition) is 4. The fourth-order valence-electron chi connectivity index (χ4n) is 2.45. The van der Waals surface area contributed by atoms with Gasteiger partial charge in [0.15, 0.2) is 11.5 Å². The van der Waals surface area contributed by atoms with Crippen molar-refractivity contribution in [3.8, 4) is 17.2 Å². The van der Waals surface area contributed by atoms with Gasteiger partial charge in [-0.1, -0.05) is 24.3 Å². The van der Waals surface area contributed by atoms with Crippen LogP contribution in [0, 0.1) is 0 Å². The summed E-state index contributed by atoms with van der Waals surface area (Å²) in [4.78, 5) is 12.0. The number of rotatable bonds is 6. The Hall–Kier alpha value is -2.95. The number of hydrogen-bond donors (Lipinski definition) is 1. The zero-order valence-electron chi connectivity index (χ0n) is 14.1. The molecule has 1 heterocycles. The van der Waals surface area contributed by atoms with Crippen LogP contribution in [0.4, 0.5) is 0 Å². The van der Waals surface area contributed by atoms with Crippen molar-refractivity contribution in [1.29, 1.82) is 0 Å². The van der Waals surface area contributed by atoms with E-state index in [1.807, 2.05) is 55.5 Å². The Bertz CT molecular complexity index is 740. The van der Waals surface area contributed by atoms with E-state index >= 15 is 0 Å². The molecule has 2 aromatic carbocycles. The van der Waals surface area contributed by atoms with Crippen molar-refractivity contribution in [2.75, 3.05) is 19.8 Å². The van der Waals surface area contributed by atoms with Crippen LogP contribution < -0.4 is 19.5 Å². The second kappa shape index (κ2) is 8.24. The average Bonchev–Trinajstić information content (AvgIpc) is 2.66. The molecule has 0 bridgehead atoms. The quantitative estimate of drug-likeness (QED) is 0.822. The number of fused-ring (bicyclic) bond motifs is 1. The maximum absolute atomic E-state index is 12.0. The molecule has 25 heavy (non-hydrogen) atoms. The van der Waals surface area contributed by atoms with Crippen LogP contribution in [-0.2, 0) is 4.79 Å². The Morgan fingerprint density at radius 2 is 1.96 bits per heavy atom. The van der Waals surface area contributed by atoms with E-state index in [2.05, 4.69) is 5.32 Å². The van der Waals surface area contributed by atoms with Gasteiger partial charge in [0, 0.05) is 6.08 Å². The van der Waals surface area contributed by atoms with Crippen LogP contribution >= 0.6 is 0 Å². The van der Waals surface area contributed by atoms with E-state index in [-0.39, 0.29) is 12.0 Å². The minimum atomic E-state index is -0.197. The van der Waals surface area contributed by atoms with E-state index in [1.54, 1.807) is 6.08 Å². The van der Waals surface area contributed by atoms with Crippen LogP contribution in [0.25, 0.3) is 6.08 Å². The van der Waals surface area contributed by atoms with Crippen molar-refractivity contribution in [3.05, 3.63) is 60.2 Å². The molecule has 1 aliphatic heterocycles. The summed E-state index contributed by atoms with van der Waals surface area (Å²) in [5.74, 6) is 2.09. The Morgan fingerprint density at radius 3 is 2.72 bits per heavy atom. The zero-order chi connectivity index (χ0) is 17.5. The predicted octanol–water partition coefficient (Wildman–Crippen LogP) is 3.05. The van der Waals surface area contributed by atoms with Gasteiger partial charge in [-0.3, -0.25) is 4.79 Å². The minimum Gasteiger partial charge on any atom is -0.494 e. The first-order valence-corrected chi connectivity index (χ1v) is 8.32. The Kier molecular flexibility index (Phi) is 5.57. The van der Waals surface area contributed by atoms with Gasteiger partial charge in [-0.15, -0.1) is 0 Å². The SMILES string of the molecule is CCOc1ccc(C=CC(=O)NCC2COc3ccccc3O2)cc1. The molecule has 0 spiro atoms. The number of amides is 1. The van der Waals surface area contributed by atoms with Crippen LogP contribution in [-0.4, -0.2) is 31.8 Å². The zero-order valence-corrected chi connectivity index (χ0v) is 14.1. The third kappa shape index (κ3) is 4.76. The van der Waals surface area contributed by atoms with Crippen molar-refractivity contribution < 1.29 is 19.0 Å². The van der Waals surface area contributed by atoms with Crippen molar-refractivity contribution in [3.63, 3.8) is 0 Å². The second-order valence-electron chi connectivity index (χ2n) is 5.58. The van der Waals surface area contributed by atoms with Crippen molar-refractivity contribution in [2.24, 2.45) is 0 Å². The lowest BCUT2D eigenvalue weighted by atomic mass is 10.2. The van der Waals surface area contributed by atoms with Crippen LogP contribution in [0.15, 0.2) is 54.6 Å². The van der Waals surface area contributed by atoms with Gasteiger partial charge in [0.2, 0.25) is 5.91 Å². The van der Waals surface area contributed by atoms with Gasteiger partial charge in [0.25, 0.3) is 0 Å². The number of carbonyl (C=O) groups is 1.